The van der Waals surface area contributed by atoms with Crippen molar-refractivity contribution >= 4 is 0 Å². The molecule has 0 N–H and O–H groups in total. The molecule has 1 heterocycles. The first-order valence-corrected chi connectivity index (χ1v) is 5.33. The molecule has 15 heavy (non-hydrogen) atoms. The van der Waals surface area contributed by atoms with Crippen LogP contribution >= 0.6 is 0 Å². The van der Waals surface area contributed by atoms with E-state index >= 15 is 0 Å². The zero-order valence-corrected chi connectivity index (χ0v) is 8.76. The number of hydrogen-bond acceptors (Lipinski definition) is 2. The van der Waals surface area contributed by atoms with E-state index in [-0.39, 0.29) is 0 Å². The Bertz CT molecular complexity index is 302. The highest BCUT2D eigenvalue weighted by Crippen LogP contribution is 2.13. The van der Waals surface area contributed by atoms with Gasteiger partial charge in [0.1, 0.15) is 0 Å². The molecule has 0 amide bonds. The first-order chi connectivity index (χ1) is 7.45. The molecule has 0 bridgehead atoms. The van der Waals surface area contributed by atoms with Gasteiger partial charge in [0.25, 0.3) is 0 Å². The van der Waals surface area contributed by atoms with Crippen molar-refractivity contribution in [2.24, 2.45) is 0 Å². The van der Waals surface area contributed by atoms with Gasteiger partial charge < -0.3 is 9.47 Å². The van der Waals surface area contributed by atoms with Gasteiger partial charge in [0.05, 0.1) is 25.9 Å². The highest BCUT2D eigenvalue weighted by Gasteiger charge is 2.19. The second kappa shape index (κ2) is 5.69. The zero-order valence-electron chi connectivity index (χ0n) is 8.76. The van der Waals surface area contributed by atoms with Gasteiger partial charge in [-0.15, -0.1) is 0 Å². The normalized spacial score (nSPS) is 19.6. The van der Waals surface area contributed by atoms with Gasteiger partial charge in [-0.25, -0.2) is 0 Å². The van der Waals surface area contributed by atoms with Gasteiger partial charge in [-0.3, -0.25) is 0 Å². The molecule has 2 rings (SSSR count). The van der Waals surface area contributed by atoms with E-state index in [0.29, 0.717) is 19.3 Å². The van der Waals surface area contributed by atoms with Crippen LogP contribution in [0.1, 0.15) is 12.0 Å². The van der Waals surface area contributed by atoms with Crippen molar-refractivity contribution in [3.8, 4) is 0 Å². The molecular weight excluding hydrogens is 188 g/mol. The number of rotatable bonds is 6. The molecule has 1 atom stereocenters. The molecule has 0 spiro atoms. The maximum absolute atomic E-state index is 5.49. The maximum Gasteiger partial charge on any atom is 0.0844 e. The number of epoxide rings is 1. The average molecular weight is 204 g/mol. The highest BCUT2D eigenvalue weighted by atomic mass is 16.6. The summed E-state index contributed by atoms with van der Waals surface area (Å²) >= 11 is 0. The van der Waals surface area contributed by atoms with Crippen LogP contribution in [0.3, 0.4) is 0 Å². The minimum absolute atomic E-state index is 0.482. The molecule has 2 nitrogen and oxygen atoms in total. The van der Waals surface area contributed by atoms with Crippen molar-refractivity contribution in [2.45, 2.75) is 19.1 Å². The molecule has 1 aromatic carbocycles. The topological polar surface area (TPSA) is 21.8 Å². The lowest BCUT2D eigenvalue weighted by Crippen LogP contribution is -1.92. The van der Waals surface area contributed by atoms with Crippen LogP contribution in [0.5, 0.6) is 0 Å². The average Bonchev–Trinajstić information content (AvgIpc) is 3.09. The molecule has 1 fully saturated rings. The Morgan fingerprint density at radius 3 is 2.80 bits per heavy atom. The Labute approximate surface area is 90.5 Å². The van der Waals surface area contributed by atoms with Crippen molar-refractivity contribution < 1.29 is 9.47 Å². The van der Waals surface area contributed by atoms with Gasteiger partial charge in [0, 0.05) is 0 Å². The van der Waals surface area contributed by atoms with E-state index < -0.39 is 0 Å². The van der Waals surface area contributed by atoms with Gasteiger partial charge >= 0.3 is 0 Å². The molecule has 0 radical (unpaired) electrons. The Hall–Kier alpha value is -1.12. The summed E-state index contributed by atoms with van der Waals surface area (Å²) in [6.45, 7) is 2.29. The van der Waals surface area contributed by atoms with Crippen LogP contribution < -0.4 is 0 Å². The van der Waals surface area contributed by atoms with Crippen molar-refractivity contribution in [1.82, 2.24) is 0 Å². The highest BCUT2D eigenvalue weighted by molar-refractivity contribution is 5.13. The SMILES string of the molecule is C(=C\C[C@H]1CO1)/COCc1ccccc1. The molecule has 1 aliphatic rings. The molecule has 0 saturated carbocycles. The monoisotopic (exact) mass is 204 g/mol. The summed E-state index contributed by atoms with van der Waals surface area (Å²) in [6, 6.07) is 10.2. The quantitative estimate of drug-likeness (QED) is 0.403. The van der Waals surface area contributed by atoms with Crippen LogP contribution in [0.4, 0.5) is 0 Å². The van der Waals surface area contributed by atoms with Gasteiger partial charge in [-0.05, 0) is 12.0 Å². The van der Waals surface area contributed by atoms with Crippen molar-refractivity contribution in [3.63, 3.8) is 0 Å². The summed E-state index contributed by atoms with van der Waals surface area (Å²) in [5.41, 5.74) is 1.22. The minimum atomic E-state index is 0.482. The van der Waals surface area contributed by atoms with Crippen LogP contribution in [0.15, 0.2) is 42.5 Å². The number of ether oxygens (including phenoxy) is 2. The van der Waals surface area contributed by atoms with Crippen LogP contribution in [0.2, 0.25) is 0 Å². The molecule has 1 aliphatic heterocycles. The van der Waals surface area contributed by atoms with Gasteiger partial charge in [-0.2, -0.15) is 0 Å². The van der Waals surface area contributed by atoms with Crippen LogP contribution in [-0.2, 0) is 16.1 Å². The lowest BCUT2D eigenvalue weighted by molar-refractivity contribution is 0.148. The zero-order chi connectivity index (χ0) is 10.3. The fraction of sp³-hybridized carbons (Fsp3) is 0.385. The van der Waals surface area contributed by atoms with Crippen LogP contribution in [-0.4, -0.2) is 19.3 Å². The summed E-state index contributed by atoms with van der Waals surface area (Å²) in [4.78, 5) is 0. The fourth-order valence-electron chi connectivity index (χ4n) is 1.34. The molecule has 0 aliphatic carbocycles. The molecule has 0 unspecified atom stereocenters. The van der Waals surface area contributed by atoms with E-state index in [1.807, 2.05) is 18.2 Å². The van der Waals surface area contributed by atoms with Crippen molar-refractivity contribution in [2.75, 3.05) is 13.2 Å². The number of hydrogen-bond donors (Lipinski definition) is 0. The summed E-state index contributed by atoms with van der Waals surface area (Å²) < 4.78 is 10.6. The van der Waals surface area contributed by atoms with Gasteiger partial charge in [0.2, 0.25) is 0 Å². The largest absolute Gasteiger partial charge is 0.373 e. The van der Waals surface area contributed by atoms with E-state index in [9.17, 15) is 0 Å². The Kier molecular flexibility index (Phi) is 3.94. The third-order valence-corrected chi connectivity index (χ3v) is 2.29. The van der Waals surface area contributed by atoms with Crippen LogP contribution in [0.25, 0.3) is 0 Å². The second-order valence-electron chi connectivity index (χ2n) is 3.66. The second-order valence-corrected chi connectivity index (χ2v) is 3.66. The first kappa shape index (κ1) is 10.4. The first-order valence-electron chi connectivity index (χ1n) is 5.33. The van der Waals surface area contributed by atoms with E-state index in [4.69, 9.17) is 9.47 Å². The van der Waals surface area contributed by atoms with Crippen molar-refractivity contribution in [3.05, 3.63) is 48.0 Å². The Morgan fingerprint density at radius 2 is 2.07 bits per heavy atom. The molecular formula is C13H16O2. The summed E-state index contributed by atoms with van der Waals surface area (Å²) in [5, 5.41) is 0. The molecule has 1 saturated heterocycles. The molecule has 0 aromatic heterocycles. The number of benzene rings is 1. The predicted molar refractivity (Wildman–Crippen MR) is 59.6 cm³/mol. The van der Waals surface area contributed by atoms with E-state index in [2.05, 4.69) is 24.3 Å². The third kappa shape index (κ3) is 4.28. The van der Waals surface area contributed by atoms with E-state index in [0.717, 1.165) is 13.0 Å². The third-order valence-electron chi connectivity index (χ3n) is 2.29. The fourth-order valence-corrected chi connectivity index (χ4v) is 1.34. The summed E-state index contributed by atoms with van der Waals surface area (Å²) in [5.74, 6) is 0. The predicted octanol–water partition coefficient (Wildman–Crippen LogP) is 2.55. The lowest BCUT2D eigenvalue weighted by Gasteiger charge is -2.00. The molecule has 1 aromatic rings. The van der Waals surface area contributed by atoms with E-state index in [1.54, 1.807) is 0 Å². The van der Waals surface area contributed by atoms with Crippen molar-refractivity contribution in [1.29, 1.82) is 0 Å². The molecule has 2 heteroatoms. The summed E-state index contributed by atoms with van der Waals surface area (Å²) in [7, 11) is 0. The van der Waals surface area contributed by atoms with Crippen LogP contribution in [0, 0.1) is 0 Å². The Morgan fingerprint density at radius 1 is 1.27 bits per heavy atom. The van der Waals surface area contributed by atoms with Gasteiger partial charge in [0.15, 0.2) is 0 Å². The minimum Gasteiger partial charge on any atom is -0.373 e. The summed E-state index contributed by atoms with van der Waals surface area (Å²) in [6.07, 6.45) is 5.69. The smallest absolute Gasteiger partial charge is 0.0844 e. The van der Waals surface area contributed by atoms with Gasteiger partial charge in [-0.1, -0.05) is 42.5 Å². The lowest BCUT2D eigenvalue weighted by atomic mass is 10.2. The Balaban J connectivity index is 1.56. The van der Waals surface area contributed by atoms with E-state index in [1.165, 1.54) is 5.56 Å². The molecule has 80 valence electrons. The maximum atomic E-state index is 5.49. The standard InChI is InChI=1S/C13H16O2/c1-2-6-12(7-3-1)10-14-9-5-4-8-13-11-15-13/h1-7,13H,8-11H2/b5-4+/t13-/m0/s1.